The van der Waals surface area contributed by atoms with Gasteiger partial charge >= 0.3 is 0 Å². The Balaban J connectivity index is 1.43. The maximum absolute atomic E-state index is 15.5. The van der Waals surface area contributed by atoms with Crippen LogP contribution < -0.4 is 20.5 Å². The number of rotatable bonds is 4. The van der Waals surface area contributed by atoms with E-state index in [1.807, 2.05) is 12.1 Å². The average Bonchev–Trinajstić information content (AvgIpc) is 2.94. The predicted octanol–water partition coefficient (Wildman–Crippen LogP) is 3.76. The van der Waals surface area contributed by atoms with Crippen LogP contribution in [0.5, 0.6) is 17.4 Å². The van der Waals surface area contributed by atoms with Gasteiger partial charge in [0, 0.05) is 23.2 Å². The van der Waals surface area contributed by atoms with Gasteiger partial charge in [-0.15, -0.1) is 0 Å². The van der Waals surface area contributed by atoms with Gasteiger partial charge < -0.3 is 30.0 Å². The van der Waals surface area contributed by atoms with Crippen LogP contribution in [0.15, 0.2) is 53.8 Å². The fourth-order valence-electron chi connectivity index (χ4n) is 4.96. The van der Waals surface area contributed by atoms with E-state index >= 15 is 4.39 Å². The van der Waals surface area contributed by atoms with Crippen molar-refractivity contribution < 1.29 is 28.1 Å². The molecule has 0 aliphatic carbocycles. The molecular formula is C27H24FN5O5. The number of halogens is 1. The van der Waals surface area contributed by atoms with Crippen LogP contribution in [0.4, 0.5) is 10.1 Å². The minimum absolute atomic E-state index is 0.00547. The Bertz CT molecular complexity index is 1490. The highest BCUT2D eigenvalue weighted by molar-refractivity contribution is 6.02. The Morgan fingerprint density at radius 1 is 1.16 bits per heavy atom. The van der Waals surface area contributed by atoms with Crippen LogP contribution in [0.1, 0.15) is 40.0 Å². The normalized spacial score (nSPS) is 19.7. The van der Waals surface area contributed by atoms with Gasteiger partial charge in [0.25, 0.3) is 11.9 Å². The second kappa shape index (κ2) is 9.42. The van der Waals surface area contributed by atoms with Crippen molar-refractivity contribution in [3.63, 3.8) is 0 Å². The number of aliphatic imine (C=N–C) groups is 1. The number of aromatic nitrogens is 2. The fourth-order valence-corrected chi connectivity index (χ4v) is 4.96. The number of benzene rings is 2. The van der Waals surface area contributed by atoms with E-state index in [-0.39, 0.29) is 24.1 Å². The highest BCUT2D eigenvalue weighted by Gasteiger charge is 2.46. The lowest BCUT2D eigenvalue weighted by Crippen LogP contribution is -2.39. The van der Waals surface area contributed by atoms with Gasteiger partial charge in [-0.05, 0) is 47.9 Å². The van der Waals surface area contributed by atoms with Gasteiger partial charge in [-0.1, -0.05) is 6.08 Å². The standard InChI is InChI=1S/C27H24FN5O5/c1-35-23-14-30-21(13-31-23)25(34)32-17-2-3-22-18(12-17)27(6-9-37-26(29)33-27)19-10-16(11-20(28)24(19)38-22)15-4-7-36-8-5-15/h2-4,10-14H,5-9H2,1H3,(H2,29,33)(H,32,34). The molecule has 0 saturated heterocycles. The van der Waals surface area contributed by atoms with Gasteiger partial charge in [-0.25, -0.2) is 19.4 Å². The van der Waals surface area contributed by atoms with Crippen molar-refractivity contribution in [2.75, 3.05) is 32.2 Å². The van der Waals surface area contributed by atoms with Crippen molar-refractivity contribution in [2.24, 2.45) is 10.7 Å². The molecule has 1 unspecified atom stereocenters. The summed E-state index contributed by atoms with van der Waals surface area (Å²) < 4.78 is 37.5. The number of carbonyl (C=O) groups is 1. The first-order valence-electron chi connectivity index (χ1n) is 12.1. The van der Waals surface area contributed by atoms with E-state index in [0.717, 1.165) is 11.1 Å². The number of ether oxygens (including phenoxy) is 4. The number of hydrogen-bond acceptors (Lipinski definition) is 9. The SMILES string of the molecule is COc1cnc(C(=O)Nc2ccc3c(c2)C2(CCOC(N)=N2)c2cc(C4=CCOCC4)cc(F)c2O3)cn1. The smallest absolute Gasteiger partial charge is 0.283 e. The maximum Gasteiger partial charge on any atom is 0.283 e. The van der Waals surface area contributed by atoms with Gasteiger partial charge in [0.1, 0.15) is 17.0 Å². The van der Waals surface area contributed by atoms with Crippen LogP contribution >= 0.6 is 0 Å². The van der Waals surface area contributed by atoms with Gasteiger partial charge in [-0.2, -0.15) is 0 Å². The Morgan fingerprint density at radius 3 is 2.79 bits per heavy atom. The molecule has 1 spiro atoms. The Hall–Kier alpha value is -4.51. The minimum atomic E-state index is -1.07. The molecule has 6 rings (SSSR count). The second-order valence-electron chi connectivity index (χ2n) is 9.01. The summed E-state index contributed by atoms with van der Waals surface area (Å²) in [6, 6.07) is 8.47. The van der Waals surface area contributed by atoms with Gasteiger partial charge in [0.2, 0.25) is 5.88 Å². The van der Waals surface area contributed by atoms with Crippen LogP contribution in [0, 0.1) is 5.82 Å². The molecule has 4 heterocycles. The number of amidine groups is 1. The first kappa shape index (κ1) is 23.9. The van der Waals surface area contributed by atoms with Crippen LogP contribution in [0.3, 0.4) is 0 Å². The largest absolute Gasteiger partial charge is 0.480 e. The van der Waals surface area contributed by atoms with E-state index in [1.54, 1.807) is 18.2 Å². The van der Waals surface area contributed by atoms with Gasteiger partial charge in [-0.3, -0.25) is 4.79 Å². The van der Waals surface area contributed by atoms with Gasteiger partial charge in [0.05, 0.1) is 39.3 Å². The Labute approximate surface area is 217 Å². The van der Waals surface area contributed by atoms with Gasteiger partial charge in [0.15, 0.2) is 11.6 Å². The minimum Gasteiger partial charge on any atom is -0.480 e. The third-order valence-electron chi connectivity index (χ3n) is 6.80. The molecule has 3 aliphatic rings. The molecule has 3 N–H and O–H groups in total. The monoisotopic (exact) mass is 517 g/mol. The van der Waals surface area contributed by atoms with Crippen molar-refractivity contribution >= 4 is 23.2 Å². The molecule has 0 fully saturated rings. The van der Waals surface area contributed by atoms with E-state index in [9.17, 15) is 4.79 Å². The lowest BCUT2D eigenvalue weighted by molar-refractivity contribution is 0.102. The maximum atomic E-state index is 15.5. The topological polar surface area (TPSA) is 130 Å². The fraction of sp³-hybridized carbons (Fsp3) is 0.259. The zero-order chi connectivity index (χ0) is 26.3. The summed E-state index contributed by atoms with van der Waals surface area (Å²) in [5.41, 5.74) is 8.48. The summed E-state index contributed by atoms with van der Waals surface area (Å²) in [6.45, 7) is 1.31. The first-order chi connectivity index (χ1) is 18.5. The molecule has 194 valence electrons. The summed E-state index contributed by atoms with van der Waals surface area (Å²) >= 11 is 0. The summed E-state index contributed by atoms with van der Waals surface area (Å²) in [5.74, 6) is -0.148. The number of amides is 1. The highest BCUT2D eigenvalue weighted by atomic mass is 19.1. The van der Waals surface area contributed by atoms with E-state index < -0.39 is 17.3 Å². The van der Waals surface area contributed by atoms with Crippen molar-refractivity contribution in [3.8, 4) is 17.4 Å². The number of nitrogens with two attached hydrogens (primary N) is 1. The summed E-state index contributed by atoms with van der Waals surface area (Å²) in [5, 5.41) is 2.83. The molecule has 0 bridgehead atoms. The average molecular weight is 518 g/mol. The predicted molar refractivity (Wildman–Crippen MR) is 136 cm³/mol. The molecule has 1 atom stereocenters. The van der Waals surface area contributed by atoms with Crippen molar-refractivity contribution in [1.82, 2.24) is 9.97 Å². The third kappa shape index (κ3) is 4.10. The summed E-state index contributed by atoms with van der Waals surface area (Å²) in [6.07, 6.45) is 5.70. The number of hydrogen-bond donors (Lipinski definition) is 2. The molecule has 1 amide bonds. The molecule has 0 saturated carbocycles. The number of fused-ring (bicyclic) bond motifs is 4. The van der Waals surface area contributed by atoms with E-state index in [1.165, 1.54) is 25.6 Å². The Morgan fingerprint density at radius 2 is 2.05 bits per heavy atom. The number of nitrogens with zero attached hydrogens (tertiary/aromatic N) is 3. The second-order valence-corrected chi connectivity index (χ2v) is 9.01. The highest BCUT2D eigenvalue weighted by Crippen LogP contribution is 2.54. The summed E-state index contributed by atoms with van der Waals surface area (Å²) in [7, 11) is 1.47. The van der Waals surface area contributed by atoms with Crippen molar-refractivity contribution in [1.29, 1.82) is 0 Å². The van der Waals surface area contributed by atoms with Crippen molar-refractivity contribution in [3.05, 3.63) is 77.0 Å². The third-order valence-corrected chi connectivity index (χ3v) is 6.80. The zero-order valence-corrected chi connectivity index (χ0v) is 20.5. The lowest BCUT2D eigenvalue weighted by Gasteiger charge is -2.39. The van der Waals surface area contributed by atoms with Crippen molar-refractivity contribution in [2.45, 2.75) is 18.4 Å². The van der Waals surface area contributed by atoms with E-state index in [0.29, 0.717) is 54.5 Å². The van der Waals surface area contributed by atoms with Crippen LogP contribution in [0.25, 0.3) is 5.57 Å². The van der Waals surface area contributed by atoms with E-state index in [2.05, 4.69) is 15.3 Å². The van der Waals surface area contributed by atoms with Crippen LogP contribution in [0.2, 0.25) is 0 Å². The lowest BCUT2D eigenvalue weighted by atomic mass is 9.76. The zero-order valence-electron chi connectivity index (χ0n) is 20.5. The Kier molecular flexibility index (Phi) is 5.91. The van der Waals surface area contributed by atoms with Crippen LogP contribution in [-0.2, 0) is 15.0 Å². The van der Waals surface area contributed by atoms with Crippen LogP contribution in [-0.4, -0.2) is 48.8 Å². The molecular weight excluding hydrogens is 493 g/mol. The number of anilines is 1. The number of methoxy groups -OCH3 is 1. The first-order valence-corrected chi connectivity index (χ1v) is 12.1. The molecule has 38 heavy (non-hydrogen) atoms. The molecule has 0 radical (unpaired) electrons. The molecule has 3 aromatic rings. The molecule has 1 aromatic heterocycles. The number of carbonyl (C=O) groups excluding carboxylic acids is 1. The van der Waals surface area contributed by atoms with E-state index in [4.69, 9.17) is 29.7 Å². The molecule has 2 aromatic carbocycles. The molecule has 11 heteroatoms. The molecule has 3 aliphatic heterocycles. The quantitative estimate of drug-likeness (QED) is 0.535. The molecule has 10 nitrogen and oxygen atoms in total. The summed E-state index contributed by atoms with van der Waals surface area (Å²) in [4.78, 5) is 25.7. The number of nitrogens with one attached hydrogen (secondary N) is 1.